The molecule has 0 saturated heterocycles. The summed E-state index contributed by atoms with van der Waals surface area (Å²) < 4.78 is 1.12. The molecule has 1 unspecified atom stereocenters. The van der Waals surface area contributed by atoms with E-state index in [0.717, 1.165) is 22.5 Å². The van der Waals surface area contributed by atoms with Gasteiger partial charge in [-0.2, -0.15) is 0 Å². The second kappa shape index (κ2) is 6.71. The Labute approximate surface area is 125 Å². The van der Waals surface area contributed by atoms with Crippen LogP contribution in [-0.4, -0.2) is 6.54 Å². The number of rotatable bonds is 5. The Kier molecular flexibility index (Phi) is 5.25. The first-order valence-corrected chi connectivity index (χ1v) is 7.96. The van der Waals surface area contributed by atoms with Gasteiger partial charge < -0.3 is 5.32 Å². The molecule has 1 nitrogen and oxygen atoms in total. The van der Waals surface area contributed by atoms with E-state index in [1.54, 1.807) is 11.3 Å². The Morgan fingerprint density at radius 3 is 2.83 bits per heavy atom. The fraction of sp³-hybridized carbons (Fsp3) is 0.286. The summed E-state index contributed by atoms with van der Waals surface area (Å²) in [6.07, 6.45) is 0.952. The normalized spacial score (nSPS) is 12.6. The van der Waals surface area contributed by atoms with Gasteiger partial charge in [0, 0.05) is 15.4 Å². The number of likely N-dealkylation sites (N-methyl/N-ethyl adjacent to an activating group) is 1. The fourth-order valence-corrected chi connectivity index (χ4v) is 3.67. The van der Waals surface area contributed by atoms with Crippen LogP contribution in [0.15, 0.2) is 40.2 Å². The monoisotopic (exact) mass is 343 g/mol. The van der Waals surface area contributed by atoms with Crippen LogP contribution in [0.1, 0.15) is 23.4 Å². The molecule has 1 aromatic carbocycles. The van der Waals surface area contributed by atoms with Crippen LogP contribution < -0.4 is 5.32 Å². The molecule has 0 bridgehead atoms. The molecule has 1 aromatic heterocycles. The van der Waals surface area contributed by atoms with Crippen LogP contribution in [0.25, 0.3) is 0 Å². The number of hydrogen-bond donors (Lipinski definition) is 1. The van der Waals surface area contributed by atoms with E-state index in [2.05, 4.69) is 46.4 Å². The van der Waals surface area contributed by atoms with E-state index < -0.39 is 0 Å². The molecule has 2 aromatic rings. The molecule has 2 rings (SSSR count). The van der Waals surface area contributed by atoms with Gasteiger partial charge in [0.2, 0.25) is 0 Å². The largest absolute Gasteiger partial charge is 0.309 e. The number of halogens is 2. The molecule has 96 valence electrons. The van der Waals surface area contributed by atoms with Crippen molar-refractivity contribution in [3.05, 3.63) is 55.6 Å². The first-order chi connectivity index (χ1) is 8.70. The van der Waals surface area contributed by atoms with Crippen LogP contribution >= 0.6 is 38.9 Å². The zero-order valence-electron chi connectivity index (χ0n) is 10.1. The van der Waals surface area contributed by atoms with Crippen molar-refractivity contribution in [1.82, 2.24) is 5.32 Å². The number of thiophene rings is 1. The lowest BCUT2D eigenvalue weighted by molar-refractivity contribution is 0.558. The third-order valence-electron chi connectivity index (χ3n) is 2.74. The first-order valence-electron chi connectivity index (χ1n) is 5.91. The predicted octanol–water partition coefficient (Wildman–Crippen LogP) is 5.06. The summed E-state index contributed by atoms with van der Waals surface area (Å²) in [7, 11) is 0. The summed E-state index contributed by atoms with van der Waals surface area (Å²) in [6, 6.07) is 10.7. The van der Waals surface area contributed by atoms with Gasteiger partial charge in [-0.05, 0) is 42.1 Å². The zero-order chi connectivity index (χ0) is 13.0. The fourth-order valence-electron chi connectivity index (χ4n) is 1.96. The van der Waals surface area contributed by atoms with Crippen LogP contribution in [0.2, 0.25) is 5.02 Å². The van der Waals surface area contributed by atoms with Gasteiger partial charge in [0.25, 0.3) is 0 Å². The molecule has 0 saturated carbocycles. The minimum Gasteiger partial charge on any atom is -0.309 e. The number of benzene rings is 1. The summed E-state index contributed by atoms with van der Waals surface area (Å²) in [5, 5.41) is 6.41. The van der Waals surface area contributed by atoms with Gasteiger partial charge >= 0.3 is 0 Å². The highest BCUT2D eigenvalue weighted by Gasteiger charge is 2.15. The van der Waals surface area contributed by atoms with E-state index in [0.29, 0.717) is 0 Å². The molecule has 1 N–H and O–H groups in total. The average Bonchev–Trinajstić information content (AvgIpc) is 2.75. The van der Waals surface area contributed by atoms with Gasteiger partial charge in [-0.3, -0.25) is 0 Å². The van der Waals surface area contributed by atoms with Gasteiger partial charge in [-0.25, -0.2) is 0 Å². The lowest BCUT2D eigenvalue weighted by atomic mass is 10.0. The van der Waals surface area contributed by atoms with Crippen LogP contribution in [0.5, 0.6) is 0 Å². The summed E-state index contributed by atoms with van der Waals surface area (Å²) in [6.45, 7) is 3.06. The van der Waals surface area contributed by atoms with Crippen molar-refractivity contribution in [2.75, 3.05) is 6.54 Å². The van der Waals surface area contributed by atoms with Crippen molar-refractivity contribution >= 4 is 38.9 Å². The molecular weight excluding hydrogens is 330 g/mol. The maximum absolute atomic E-state index is 6.23. The number of hydrogen-bond acceptors (Lipinski definition) is 2. The predicted molar refractivity (Wildman–Crippen MR) is 83.6 cm³/mol. The maximum atomic E-state index is 6.23. The lowest BCUT2D eigenvalue weighted by Crippen LogP contribution is -2.22. The standard InChI is InChI=1S/C14H15BrClNS/c1-2-17-13(14-12(16)6-7-18-14)9-10-4-3-5-11(15)8-10/h3-8,13,17H,2,9H2,1H3. The molecule has 0 aliphatic rings. The molecule has 4 heteroatoms. The molecular formula is C14H15BrClNS. The molecule has 0 spiro atoms. The van der Waals surface area contributed by atoms with E-state index in [9.17, 15) is 0 Å². The summed E-state index contributed by atoms with van der Waals surface area (Å²) in [5.74, 6) is 0. The number of nitrogens with one attached hydrogen (secondary N) is 1. The van der Waals surface area contributed by atoms with Gasteiger partial charge in [-0.15, -0.1) is 11.3 Å². The van der Waals surface area contributed by atoms with Crippen molar-refractivity contribution < 1.29 is 0 Å². The van der Waals surface area contributed by atoms with E-state index in [1.165, 1.54) is 10.4 Å². The van der Waals surface area contributed by atoms with Crippen molar-refractivity contribution in [3.8, 4) is 0 Å². The highest BCUT2D eigenvalue weighted by molar-refractivity contribution is 9.10. The first kappa shape index (κ1) is 14.1. The van der Waals surface area contributed by atoms with Crippen molar-refractivity contribution in [2.24, 2.45) is 0 Å². The molecule has 1 heterocycles. The van der Waals surface area contributed by atoms with Gasteiger partial charge in [0.05, 0.1) is 5.02 Å². The molecule has 18 heavy (non-hydrogen) atoms. The molecule has 0 aliphatic carbocycles. The third kappa shape index (κ3) is 3.58. The summed E-state index contributed by atoms with van der Waals surface area (Å²) in [5.41, 5.74) is 1.31. The van der Waals surface area contributed by atoms with Crippen LogP contribution in [0, 0.1) is 0 Å². The SMILES string of the molecule is CCNC(Cc1cccc(Br)c1)c1sccc1Cl. The highest BCUT2D eigenvalue weighted by atomic mass is 79.9. The van der Waals surface area contributed by atoms with Crippen LogP contribution in [0.4, 0.5) is 0 Å². The second-order valence-corrected chi connectivity index (χ2v) is 6.35. The minimum atomic E-state index is 0.289. The summed E-state index contributed by atoms with van der Waals surface area (Å²) >= 11 is 11.5. The smallest absolute Gasteiger partial charge is 0.0561 e. The second-order valence-electron chi connectivity index (χ2n) is 4.08. The quantitative estimate of drug-likeness (QED) is 0.799. The average molecular weight is 345 g/mol. The van der Waals surface area contributed by atoms with E-state index in [1.807, 2.05) is 17.5 Å². The van der Waals surface area contributed by atoms with Crippen LogP contribution in [-0.2, 0) is 6.42 Å². The topological polar surface area (TPSA) is 12.0 Å². The van der Waals surface area contributed by atoms with Crippen molar-refractivity contribution in [3.63, 3.8) is 0 Å². The van der Waals surface area contributed by atoms with Gasteiger partial charge in [-0.1, -0.05) is 46.6 Å². The Balaban J connectivity index is 2.19. The zero-order valence-corrected chi connectivity index (χ0v) is 13.3. The van der Waals surface area contributed by atoms with Crippen molar-refractivity contribution in [2.45, 2.75) is 19.4 Å². The lowest BCUT2D eigenvalue weighted by Gasteiger charge is -2.17. The molecule has 0 aliphatic heterocycles. The molecule has 1 atom stereocenters. The van der Waals surface area contributed by atoms with Gasteiger partial charge in [0.1, 0.15) is 0 Å². The van der Waals surface area contributed by atoms with Crippen molar-refractivity contribution in [1.29, 1.82) is 0 Å². The maximum Gasteiger partial charge on any atom is 0.0561 e. The minimum absolute atomic E-state index is 0.289. The highest BCUT2D eigenvalue weighted by Crippen LogP contribution is 2.31. The molecule has 0 radical (unpaired) electrons. The van der Waals surface area contributed by atoms with E-state index >= 15 is 0 Å². The molecule has 0 amide bonds. The Morgan fingerprint density at radius 2 is 2.22 bits per heavy atom. The summed E-state index contributed by atoms with van der Waals surface area (Å²) in [4.78, 5) is 1.22. The Hall–Kier alpha value is -0.350. The Bertz CT molecular complexity index is 512. The molecule has 0 fully saturated rings. The van der Waals surface area contributed by atoms with E-state index in [4.69, 9.17) is 11.6 Å². The van der Waals surface area contributed by atoms with Crippen LogP contribution in [0.3, 0.4) is 0 Å². The van der Waals surface area contributed by atoms with E-state index in [-0.39, 0.29) is 6.04 Å². The third-order valence-corrected chi connectivity index (χ3v) is 4.71. The van der Waals surface area contributed by atoms with Gasteiger partial charge in [0.15, 0.2) is 0 Å². The Morgan fingerprint density at radius 1 is 1.39 bits per heavy atom.